The first-order chi connectivity index (χ1) is 8.56. The van der Waals surface area contributed by atoms with E-state index < -0.39 is 5.82 Å². The molecule has 0 aliphatic carbocycles. The molecule has 0 saturated carbocycles. The highest BCUT2D eigenvalue weighted by atomic mass is 35.5. The van der Waals surface area contributed by atoms with Crippen LogP contribution < -0.4 is 10.5 Å². The first-order valence-electron chi connectivity index (χ1n) is 5.18. The molecule has 0 radical (unpaired) electrons. The molecule has 94 valence electrons. The van der Waals surface area contributed by atoms with Crippen LogP contribution in [0.3, 0.4) is 0 Å². The second-order valence-corrected chi connectivity index (χ2v) is 4.53. The second-order valence-electron chi connectivity index (χ2n) is 3.72. The zero-order valence-electron chi connectivity index (χ0n) is 9.29. The van der Waals surface area contributed by atoms with Gasteiger partial charge in [0.15, 0.2) is 0 Å². The van der Waals surface area contributed by atoms with Crippen LogP contribution in [-0.2, 0) is 6.61 Å². The van der Waals surface area contributed by atoms with E-state index in [4.69, 9.17) is 33.7 Å². The lowest BCUT2D eigenvalue weighted by atomic mass is 10.2. The smallest absolute Gasteiger partial charge is 0.142 e. The van der Waals surface area contributed by atoms with Crippen LogP contribution in [0, 0.1) is 5.82 Å². The summed E-state index contributed by atoms with van der Waals surface area (Å²) in [6, 6.07) is 9.30. The van der Waals surface area contributed by atoms with E-state index in [2.05, 4.69) is 0 Å². The van der Waals surface area contributed by atoms with Crippen LogP contribution in [0.2, 0.25) is 10.0 Å². The molecule has 18 heavy (non-hydrogen) atoms. The highest BCUT2D eigenvalue weighted by molar-refractivity contribution is 6.31. The highest BCUT2D eigenvalue weighted by Crippen LogP contribution is 2.24. The van der Waals surface area contributed by atoms with Gasteiger partial charge < -0.3 is 10.5 Å². The van der Waals surface area contributed by atoms with Gasteiger partial charge in [-0.3, -0.25) is 0 Å². The average Bonchev–Trinajstić information content (AvgIpc) is 2.34. The van der Waals surface area contributed by atoms with Gasteiger partial charge in [0.2, 0.25) is 0 Å². The molecular formula is C13H10Cl2FNO. The van der Waals surface area contributed by atoms with Gasteiger partial charge in [0.25, 0.3) is 0 Å². The Morgan fingerprint density at radius 1 is 1.06 bits per heavy atom. The van der Waals surface area contributed by atoms with Gasteiger partial charge in [0.1, 0.15) is 18.2 Å². The SMILES string of the molecule is Nc1ccc(Cl)c(COc2ccc(F)c(Cl)c2)c1. The second kappa shape index (κ2) is 5.46. The number of anilines is 1. The molecular weight excluding hydrogens is 276 g/mol. The Hall–Kier alpha value is -1.45. The third kappa shape index (κ3) is 3.06. The van der Waals surface area contributed by atoms with Crippen LogP contribution in [-0.4, -0.2) is 0 Å². The van der Waals surface area contributed by atoms with Crippen molar-refractivity contribution >= 4 is 28.9 Å². The largest absolute Gasteiger partial charge is 0.489 e. The minimum atomic E-state index is -0.481. The van der Waals surface area contributed by atoms with Crippen molar-refractivity contribution < 1.29 is 9.13 Å². The van der Waals surface area contributed by atoms with Gasteiger partial charge in [-0.05, 0) is 30.3 Å². The van der Waals surface area contributed by atoms with Crippen LogP contribution in [0.4, 0.5) is 10.1 Å². The van der Waals surface area contributed by atoms with Crippen molar-refractivity contribution in [3.05, 3.63) is 57.8 Å². The number of nitrogen functional groups attached to an aromatic ring is 1. The van der Waals surface area contributed by atoms with Gasteiger partial charge in [-0.2, -0.15) is 0 Å². The monoisotopic (exact) mass is 285 g/mol. The summed E-state index contributed by atoms with van der Waals surface area (Å²) >= 11 is 11.6. The third-order valence-corrected chi connectivity index (χ3v) is 3.01. The molecule has 2 rings (SSSR count). The number of nitrogens with two attached hydrogens (primary N) is 1. The van der Waals surface area contributed by atoms with Crippen LogP contribution in [0.25, 0.3) is 0 Å². The molecule has 0 heterocycles. The maximum atomic E-state index is 13.0. The van der Waals surface area contributed by atoms with E-state index >= 15 is 0 Å². The van der Waals surface area contributed by atoms with Crippen molar-refractivity contribution in [1.82, 2.24) is 0 Å². The summed E-state index contributed by atoms with van der Waals surface area (Å²) in [4.78, 5) is 0. The molecule has 0 unspecified atom stereocenters. The van der Waals surface area contributed by atoms with Gasteiger partial charge in [-0.1, -0.05) is 23.2 Å². The molecule has 0 bridgehead atoms. The summed E-state index contributed by atoms with van der Waals surface area (Å²) in [6.45, 7) is 0.242. The fourth-order valence-electron chi connectivity index (χ4n) is 1.43. The number of benzene rings is 2. The molecule has 2 aromatic rings. The first-order valence-corrected chi connectivity index (χ1v) is 5.93. The highest BCUT2D eigenvalue weighted by Gasteiger charge is 2.04. The fraction of sp³-hybridized carbons (Fsp3) is 0.0769. The van der Waals surface area contributed by atoms with Crippen molar-refractivity contribution in [2.24, 2.45) is 0 Å². The minimum absolute atomic E-state index is 0.0196. The van der Waals surface area contributed by atoms with E-state index in [0.717, 1.165) is 5.56 Å². The quantitative estimate of drug-likeness (QED) is 0.854. The molecule has 0 aliphatic rings. The topological polar surface area (TPSA) is 35.2 Å². The molecule has 0 aliphatic heterocycles. The van der Waals surface area contributed by atoms with Gasteiger partial charge in [-0.25, -0.2) is 4.39 Å². The normalized spacial score (nSPS) is 10.4. The molecule has 0 spiro atoms. The summed E-state index contributed by atoms with van der Waals surface area (Å²) in [5.41, 5.74) is 7.02. The van der Waals surface area contributed by atoms with E-state index in [1.165, 1.54) is 18.2 Å². The predicted molar refractivity (Wildman–Crippen MR) is 71.6 cm³/mol. The zero-order chi connectivity index (χ0) is 13.1. The van der Waals surface area contributed by atoms with Gasteiger partial charge in [0, 0.05) is 22.3 Å². The molecule has 0 fully saturated rings. The summed E-state index contributed by atoms with van der Waals surface area (Å²) in [5.74, 6) is -0.00843. The number of rotatable bonds is 3. The Labute approximate surface area is 114 Å². The Balaban J connectivity index is 2.11. The van der Waals surface area contributed by atoms with Crippen LogP contribution >= 0.6 is 23.2 Å². The third-order valence-electron chi connectivity index (χ3n) is 2.36. The number of hydrogen-bond acceptors (Lipinski definition) is 2. The van der Waals surface area contributed by atoms with Crippen molar-refractivity contribution in [3.63, 3.8) is 0 Å². The number of ether oxygens (including phenoxy) is 1. The van der Waals surface area contributed by atoms with Gasteiger partial charge >= 0.3 is 0 Å². The molecule has 2 aromatic carbocycles. The van der Waals surface area contributed by atoms with E-state index in [1.54, 1.807) is 18.2 Å². The summed E-state index contributed by atoms with van der Waals surface area (Å²) in [7, 11) is 0. The van der Waals surface area contributed by atoms with Crippen LogP contribution in [0.15, 0.2) is 36.4 Å². The van der Waals surface area contributed by atoms with Crippen molar-refractivity contribution in [3.8, 4) is 5.75 Å². The summed E-state index contributed by atoms with van der Waals surface area (Å²) < 4.78 is 18.4. The molecule has 0 atom stereocenters. The maximum absolute atomic E-state index is 13.0. The Morgan fingerprint density at radius 2 is 1.83 bits per heavy atom. The standard InChI is InChI=1S/C13H10Cl2FNO/c14-11-3-1-9(17)5-8(11)7-18-10-2-4-13(16)12(15)6-10/h1-6H,7,17H2. The Morgan fingerprint density at radius 3 is 2.56 bits per heavy atom. The van der Waals surface area contributed by atoms with Crippen molar-refractivity contribution in [1.29, 1.82) is 0 Å². The lowest BCUT2D eigenvalue weighted by Gasteiger charge is -2.09. The van der Waals surface area contributed by atoms with E-state index in [-0.39, 0.29) is 11.6 Å². The Bertz CT molecular complexity index is 575. The molecule has 0 saturated heterocycles. The number of halogens is 3. The predicted octanol–water partition coefficient (Wildman–Crippen LogP) is 4.29. The molecule has 2 nitrogen and oxygen atoms in total. The summed E-state index contributed by atoms with van der Waals surface area (Å²) in [5, 5.41) is 0.587. The zero-order valence-corrected chi connectivity index (χ0v) is 10.8. The first kappa shape index (κ1) is 13.0. The molecule has 0 amide bonds. The van der Waals surface area contributed by atoms with Gasteiger partial charge in [0.05, 0.1) is 5.02 Å². The summed E-state index contributed by atoms with van der Waals surface area (Å²) in [6.07, 6.45) is 0. The number of hydrogen-bond donors (Lipinski definition) is 1. The maximum Gasteiger partial charge on any atom is 0.142 e. The minimum Gasteiger partial charge on any atom is -0.489 e. The van der Waals surface area contributed by atoms with E-state index in [9.17, 15) is 4.39 Å². The van der Waals surface area contributed by atoms with E-state index in [1.807, 2.05) is 0 Å². The van der Waals surface area contributed by atoms with Crippen molar-refractivity contribution in [2.75, 3.05) is 5.73 Å². The van der Waals surface area contributed by atoms with E-state index in [0.29, 0.717) is 16.5 Å². The fourth-order valence-corrected chi connectivity index (χ4v) is 1.78. The lowest BCUT2D eigenvalue weighted by Crippen LogP contribution is -1.98. The molecule has 0 aromatic heterocycles. The lowest BCUT2D eigenvalue weighted by molar-refractivity contribution is 0.306. The van der Waals surface area contributed by atoms with Crippen LogP contribution in [0.5, 0.6) is 5.75 Å². The van der Waals surface area contributed by atoms with Gasteiger partial charge in [-0.15, -0.1) is 0 Å². The molecule has 2 N–H and O–H groups in total. The molecule has 5 heteroatoms. The van der Waals surface area contributed by atoms with Crippen LogP contribution in [0.1, 0.15) is 5.56 Å². The average molecular weight is 286 g/mol. The Kier molecular flexibility index (Phi) is 3.94. The van der Waals surface area contributed by atoms with Crippen molar-refractivity contribution in [2.45, 2.75) is 6.61 Å².